The van der Waals surface area contributed by atoms with E-state index in [9.17, 15) is 9.59 Å². The number of nitrogens with zero attached hydrogens (tertiary/aromatic N) is 2. The molecule has 5 atom stereocenters. The summed E-state index contributed by atoms with van der Waals surface area (Å²) >= 11 is 0. The molecule has 4 aliphatic heterocycles. The number of carbonyl (C=O) groups is 2. The molecule has 0 aromatic heterocycles. The third-order valence-corrected chi connectivity index (χ3v) is 6.91. The highest BCUT2D eigenvalue weighted by atomic mass is 16.5. The fraction of sp³-hybridized carbons (Fsp3) is 0.800. The molecule has 0 spiro atoms. The van der Waals surface area contributed by atoms with Crippen LogP contribution >= 0.6 is 0 Å². The molecule has 6 nitrogen and oxygen atoms in total. The van der Waals surface area contributed by atoms with Crippen LogP contribution in [0, 0.1) is 11.8 Å². The summed E-state index contributed by atoms with van der Waals surface area (Å²) in [4.78, 5) is 29.3. The first-order valence-corrected chi connectivity index (χ1v) is 10.1. The van der Waals surface area contributed by atoms with Crippen molar-refractivity contribution in [2.24, 2.45) is 11.8 Å². The Hall–Kier alpha value is -1.40. The van der Waals surface area contributed by atoms with Crippen LogP contribution in [0.2, 0.25) is 0 Å². The van der Waals surface area contributed by atoms with E-state index in [2.05, 4.69) is 9.80 Å². The predicted octanol–water partition coefficient (Wildman–Crippen LogP) is 1.33. The fourth-order valence-corrected chi connectivity index (χ4v) is 5.62. The lowest BCUT2D eigenvalue weighted by Gasteiger charge is -2.57. The first-order chi connectivity index (χ1) is 12.6. The summed E-state index contributed by atoms with van der Waals surface area (Å²) < 4.78 is 5.69. The highest BCUT2D eigenvalue weighted by Crippen LogP contribution is 2.43. The standard InChI is InChI=1S/C20H30N2O4/c1-13(6-8-23)20(25)26-16-5-7-21-11-14-9-15(18(21)10-16)12-22-17(14)3-2-4-19(22)24/h6,14-18,23H,2-5,7-12H2,1H3/b13-6+/t14-,15-,16-,17+,18-/m0/s1. The Balaban J connectivity index is 1.42. The lowest BCUT2D eigenvalue weighted by molar-refractivity contribution is -0.156. The number of ether oxygens (including phenoxy) is 1. The van der Waals surface area contributed by atoms with Gasteiger partial charge in [-0.05, 0) is 50.5 Å². The molecule has 1 amide bonds. The molecule has 2 bridgehead atoms. The molecular weight excluding hydrogens is 332 g/mol. The Kier molecular flexibility index (Phi) is 5.06. The van der Waals surface area contributed by atoms with Crippen LogP contribution in [-0.4, -0.2) is 71.2 Å². The molecule has 4 aliphatic rings. The van der Waals surface area contributed by atoms with E-state index in [0.29, 0.717) is 41.8 Å². The number of aliphatic hydroxyl groups excluding tert-OH is 1. The summed E-state index contributed by atoms with van der Waals surface area (Å²) in [6.45, 7) is 4.47. The molecule has 6 heteroatoms. The average molecular weight is 362 g/mol. The average Bonchev–Trinajstić information content (AvgIpc) is 2.63. The van der Waals surface area contributed by atoms with Crippen LogP contribution in [0.3, 0.4) is 0 Å². The molecule has 4 saturated heterocycles. The Bertz CT molecular complexity index is 605. The molecule has 4 rings (SSSR count). The van der Waals surface area contributed by atoms with Crippen LogP contribution in [0.15, 0.2) is 11.6 Å². The first-order valence-electron chi connectivity index (χ1n) is 10.1. The second kappa shape index (κ2) is 7.31. The van der Waals surface area contributed by atoms with Gasteiger partial charge in [0.05, 0.1) is 6.61 Å². The largest absolute Gasteiger partial charge is 0.459 e. The second-order valence-electron chi connectivity index (χ2n) is 8.45. The number of hydrogen-bond donors (Lipinski definition) is 1. The van der Waals surface area contributed by atoms with E-state index in [4.69, 9.17) is 9.84 Å². The van der Waals surface area contributed by atoms with Gasteiger partial charge in [-0.1, -0.05) is 0 Å². The van der Waals surface area contributed by atoms with E-state index in [1.54, 1.807) is 6.92 Å². The number of rotatable bonds is 3. The van der Waals surface area contributed by atoms with Gasteiger partial charge in [-0.25, -0.2) is 4.79 Å². The lowest BCUT2D eigenvalue weighted by Crippen LogP contribution is -2.65. The zero-order chi connectivity index (χ0) is 18.3. The first kappa shape index (κ1) is 18.0. The van der Waals surface area contributed by atoms with Crippen molar-refractivity contribution >= 4 is 11.9 Å². The molecular formula is C20H30N2O4. The SMILES string of the molecule is C/C(=C\CO)C(=O)O[C@H]1CCN2C[C@@H]3C[C@@H](CN4C(=O)CCC[C@H]34)[C@@H]2C1. The molecule has 0 aliphatic carbocycles. The van der Waals surface area contributed by atoms with Crippen molar-refractivity contribution in [1.29, 1.82) is 0 Å². The van der Waals surface area contributed by atoms with Gasteiger partial charge in [0.15, 0.2) is 0 Å². The Morgan fingerprint density at radius 1 is 1.23 bits per heavy atom. The van der Waals surface area contributed by atoms with Gasteiger partial charge in [0.2, 0.25) is 5.91 Å². The third kappa shape index (κ3) is 3.29. The van der Waals surface area contributed by atoms with Gasteiger partial charge >= 0.3 is 5.97 Å². The summed E-state index contributed by atoms with van der Waals surface area (Å²) in [5, 5.41) is 8.94. The predicted molar refractivity (Wildman–Crippen MR) is 96.3 cm³/mol. The number of aliphatic hydroxyl groups is 1. The number of amides is 1. The molecule has 26 heavy (non-hydrogen) atoms. The highest BCUT2D eigenvalue weighted by molar-refractivity contribution is 5.87. The van der Waals surface area contributed by atoms with Gasteiger partial charge in [-0.2, -0.15) is 0 Å². The Morgan fingerprint density at radius 2 is 2.04 bits per heavy atom. The molecule has 144 valence electrons. The van der Waals surface area contributed by atoms with Crippen molar-refractivity contribution in [3.8, 4) is 0 Å². The summed E-state index contributed by atoms with van der Waals surface area (Å²) in [5.41, 5.74) is 0.470. The van der Waals surface area contributed by atoms with E-state index in [-0.39, 0.29) is 18.7 Å². The van der Waals surface area contributed by atoms with Crippen LogP contribution in [0.25, 0.3) is 0 Å². The smallest absolute Gasteiger partial charge is 0.333 e. The number of fused-ring (bicyclic) bond motifs is 6. The maximum atomic E-state index is 12.4. The lowest BCUT2D eigenvalue weighted by atomic mass is 9.70. The monoisotopic (exact) mass is 362 g/mol. The van der Waals surface area contributed by atoms with Crippen molar-refractivity contribution in [2.75, 3.05) is 26.2 Å². The summed E-state index contributed by atoms with van der Waals surface area (Å²) in [7, 11) is 0. The van der Waals surface area contributed by atoms with Crippen LogP contribution in [0.5, 0.6) is 0 Å². The summed E-state index contributed by atoms with van der Waals surface area (Å²) in [6.07, 6.45) is 7.30. The van der Waals surface area contributed by atoms with Crippen molar-refractivity contribution < 1.29 is 19.4 Å². The maximum absolute atomic E-state index is 12.4. The van der Waals surface area contributed by atoms with Gasteiger partial charge in [0.25, 0.3) is 0 Å². The Labute approximate surface area is 155 Å². The van der Waals surface area contributed by atoms with Gasteiger partial charge in [0.1, 0.15) is 6.10 Å². The van der Waals surface area contributed by atoms with E-state index in [0.717, 1.165) is 38.9 Å². The Morgan fingerprint density at radius 3 is 2.85 bits per heavy atom. The number of piperidine rings is 4. The van der Waals surface area contributed by atoms with Crippen molar-refractivity contribution in [3.05, 3.63) is 11.6 Å². The van der Waals surface area contributed by atoms with E-state index in [1.807, 2.05) is 0 Å². The normalized spacial score (nSPS) is 37.8. The van der Waals surface area contributed by atoms with Crippen LogP contribution < -0.4 is 0 Å². The number of hydrogen-bond acceptors (Lipinski definition) is 5. The molecule has 0 unspecified atom stereocenters. The number of esters is 1. The topological polar surface area (TPSA) is 70.1 Å². The summed E-state index contributed by atoms with van der Waals surface area (Å²) in [6, 6.07) is 0.867. The van der Waals surface area contributed by atoms with Gasteiger partial charge in [-0.15, -0.1) is 0 Å². The van der Waals surface area contributed by atoms with Crippen molar-refractivity contribution in [3.63, 3.8) is 0 Å². The second-order valence-corrected chi connectivity index (χ2v) is 8.45. The molecule has 4 heterocycles. The molecule has 0 saturated carbocycles. The third-order valence-electron chi connectivity index (χ3n) is 6.91. The minimum atomic E-state index is -0.318. The fourth-order valence-electron chi connectivity index (χ4n) is 5.62. The molecule has 4 fully saturated rings. The zero-order valence-electron chi connectivity index (χ0n) is 15.6. The van der Waals surface area contributed by atoms with Gasteiger partial charge < -0.3 is 14.7 Å². The minimum absolute atomic E-state index is 0.0582. The number of carbonyl (C=O) groups excluding carboxylic acids is 2. The molecule has 0 aromatic rings. The zero-order valence-corrected chi connectivity index (χ0v) is 15.6. The van der Waals surface area contributed by atoms with Crippen LogP contribution in [-0.2, 0) is 14.3 Å². The molecule has 0 radical (unpaired) electrons. The van der Waals surface area contributed by atoms with Gasteiger partial charge in [-0.3, -0.25) is 9.69 Å². The van der Waals surface area contributed by atoms with E-state index >= 15 is 0 Å². The quantitative estimate of drug-likeness (QED) is 0.606. The van der Waals surface area contributed by atoms with E-state index < -0.39 is 0 Å². The minimum Gasteiger partial charge on any atom is -0.459 e. The van der Waals surface area contributed by atoms with Crippen molar-refractivity contribution in [1.82, 2.24) is 9.80 Å². The summed E-state index contributed by atoms with van der Waals surface area (Å²) in [5.74, 6) is 1.14. The molecule has 0 aromatic carbocycles. The van der Waals surface area contributed by atoms with Crippen molar-refractivity contribution in [2.45, 2.75) is 63.6 Å². The van der Waals surface area contributed by atoms with Crippen LogP contribution in [0.4, 0.5) is 0 Å². The molecule has 1 N–H and O–H groups in total. The maximum Gasteiger partial charge on any atom is 0.333 e. The van der Waals surface area contributed by atoms with E-state index in [1.165, 1.54) is 18.9 Å². The van der Waals surface area contributed by atoms with Crippen LogP contribution in [0.1, 0.15) is 45.4 Å². The van der Waals surface area contributed by atoms with Gasteiger partial charge in [0, 0.05) is 50.1 Å². The highest BCUT2D eigenvalue weighted by Gasteiger charge is 2.49.